The predicted molar refractivity (Wildman–Crippen MR) is 95.4 cm³/mol. The van der Waals surface area contributed by atoms with Gasteiger partial charge < -0.3 is 11.1 Å². The molecule has 6 heteroatoms. The molecule has 2 heterocycles. The summed E-state index contributed by atoms with van der Waals surface area (Å²) in [7, 11) is 0. The third-order valence-corrected chi connectivity index (χ3v) is 4.80. The van der Waals surface area contributed by atoms with Crippen LogP contribution >= 0.6 is 23.7 Å². The molecule has 0 bridgehead atoms. The fraction of sp³-hybridized carbons (Fsp3) is 0.438. The molecule has 2 aromatic rings. The van der Waals surface area contributed by atoms with E-state index in [1.807, 2.05) is 6.20 Å². The molecule has 4 nitrogen and oxygen atoms in total. The number of likely N-dealkylation sites (tertiary alicyclic amines) is 1. The Labute approximate surface area is 142 Å². The number of nitrogens with zero attached hydrogens (tertiary/aromatic N) is 2. The number of nitrogens with two attached hydrogens (primary N) is 1. The maximum Gasteiger partial charge on any atom is 0.180 e. The van der Waals surface area contributed by atoms with Gasteiger partial charge in [-0.15, -0.1) is 23.7 Å². The quantitative estimate of drug-likeness (QED) is 0.880. The van der Waals surface area contributed by atoms with Crippen molar-refractivity contribution >= 4 is 28.9 Å². The molecule has 3 N–H and O–H groups in total. The molecule has 1 aliphatic heterocycles. The standard InChI is InChI=1S/C16H22N4S.ClH/c17-16-19-11-15(21-16)10-18-14-6-8-20(9-7-14)12-13-4-2-1-3-5-13;/h1-5,11,14,18H,6-10,12H2,(H2,17,19);1H. The highest BCUT2D eigenvalue weighted by Crippen LogP contribution is 2.17. The Balaban J connectivity index is 0.00000176. The van der Waals surface area contributed by atoms with Crippen molar-refractivity contribution in [2.75, 3.05) is 18.8 Å². The minimum absolute atomic E-state index is 0. The third-order valence-electron chi connectivity index (χ3n) is 3.97. The van der Waals surface area contributed by atoms with Crippen molar-refractivity contribution in [3.63, 3.8) is 0 Å². The average molecular weight is 339 g/mol. The normalized spacial score (nSPS) is 16.4. The summed E-state index contributed by atoms with van der Waals surface area (Å²) in [5.74, 6) is 0. The van der Waals surface area contributed by atoms with E-state index >= 15 is 0 Å². The summed E-state index contributed by atoms with van der Waals surface area (Å²) in [4.78, 5) is 7.85. The topological polar surface area (TPSA) is 54.2 Å². The van der Waals surface area contributed by atoms with Crippen LogP contribution in [-0.4, -0.2) is 29.0 Å². The summed E-state index contributed by atoms with van der Waals surface area (Å²) >= 11 is 1.57. The van der Waals surface area contributed by atoms with Gasteiger partial charge in [0.25, 0.3) is 0 Å². The number of hydrogen-bond donors (Lipinski definition) is 2. The SMILES string of the molecule is Cl.Nc1ncc(CNC2CCN(Cc3ccccc3)CC2)s1. The summed E-state index contributed by atoms with van der Waals surface area (Å²) in [6.45, 7) is 4.28. The molecule has 22 heavy (non-hydrogen) atoms. The Bertz CT molecular complexity index is 552. The van der Waals surface area contributed by atoms with Gasteiger partial charge in [-0.3, -0.25) is 4.90 Å². The summed E-state index contributed by atoms with van der Waals surface area (Å²) < 4.78 is 0. The number of aromatic nitrogens is 1. The Hall–Kier alpha value is -1.14. The predicted octanol–water partition coefficient (Wildman–Crippen LogP) is 2.90. The summed E-state index contributed by atoms with van der Waals surface area (Å²) in [5, 5.41) is 4.28. The minimum Gasteiger partial charge on any atom is -0.375 e. The van der Waals surface area contributed by atoms with Gasteiger partial charge in [0, 0.05) is 30.2 Å². The number of nitrogens with one attached hydrogen (secondary N) is 1. The fourth-order valence-electron chi connectivity index (χ4n) is 2.79. The van der Waals surface area contributed by atoms with Gasteiger partial charge in [0.2, 0.25) is 0 Å². The number of piperidine rings is 1. The van der Waals surface area contributed by atoms with Gasteiger partial charge in [0.05, 0.1) is 0 Å². The van der Waals surface area contributed by atoms with E-state index < -0.39 is 0 Å². The highest BCUT2D eigenvalue weighted by atomic mass is 35.5. The number of rotatable bonds is 5. The van der Waals surface area contributed by atoms with Gasteiger partial charge in [0.15, 0.2) is 5.13 Å². The molecule has 1 saturated heterocycles. The second-order valence-corrected chi connectivity index (χ2v) is 6.73. The summed E-state index contributed by atoms with van der Waals surface area (Å²) in [6, 6.07) is 11.3. The first-order valence-electron chi connectivity index (χ1n) is 7.49. The monoisotopic (exact) mass is 338 g/mol. The van der Waals surface area contributed by atoms with E-state index in [0.29, 0.717) is 11.2 Å². The Morgan fingerprint density at radius 3 is 2.59 bits per heavy atom. The van der Waals surface area contributed by atoms with Gasteiger partial charge in [-0.2, -0.15) is 0 Å². The molecular formula is C16H23ClN4S. The van der Waals surface area contributed by atoms with E-state index in [0.717, 1.165) is 26.2 Å². The smallest absolute Gasteiger partial charge is 0.180 e. The highest BCUT2D eigenvalue weighted by Gasteiger charge is 2.18. The molecule has 0 atom stereocenters. The van der Waals surface area contributed by atoms with Crippen LogP contribution in [0.15, 0.2) is 36.5 Å². The minimum atomic E-state index is 0. The Morgan fingerprint density at radius 2 is 1.95 bits per heavy atom. The van der Waals surface area contributed by atoms with E-state index in [2.05, 4.69) is 45.5 Å². The lowest BCUT2D eigenvalue weighted by Crippen LogP contribution is -2.41. The van der Waals surface area contributed by atoms with Crippen molar-refractivity contribution in [2.45, 2.75) is 32.0 Å². The van der Waals surface area contributed by atoms with E-state index in [1.165, 1.54) is 23.3 Å². The Kier molecular flexibility index (Phi) is 6.64. The zero-order valence-corrected chi connectivity index (χ0v) is 14.2. The first kappa shape index (κ1) is 17.2. The second-order valence-electron chi connectivity index (χ2n) is 5.58. The van der Waals surface area contributed by atoms with Gasteiger partial charge in [-0.05, 0) is 31.5 Å². The molecule has 1 aromatic carbocycles. The zero-order chi connectivity index (χ0) is 14.5. The molecule has 1 fully saturated rings. The largest absolute Gasteiger partial charge is 0.375 e. The highest BCUT2D eigenvalue weighted by molar-refractivity contribution is 7.15. The van der Waals surface area contributed by atoms with Crippen LogP contribution < -0.4 is 11.1 Å². The molecule has 0 aliphatic carbocycles. The first-order chi connectivity index (χ1) is 10.3. The first-order valence-corrected chi connectivity index (χ1v) is 8.31. The van der Waals surface area contributed by atoms with Crippen molar-refractivity contribution < 1.29 is 0 Å². The molecule has 0 saturated carbocycles. The molecule has 1 aromatic heterocycles. The number of anilines is 1. The van der Waals surface area contributed by atoms with Crippen LogP contribution in [0.3, 0.4) is 0 Å². The van der Waals surface area contributed by atoms with E-state index in [9.17, 15) is 0 Å². The summed E-state index contributed by atoms with van der Waals surface area (Å²) in [5.41, 5.74) is 7.06. The van der Waals surface area contributed by atoms with Crippen molar-refractivity contribution in [2.24, 2.45) is 0 Å². The van der Waals surface area contributed by atoms with Crippen LogP contribution in [0.25, 0.3) is 0 Å². The van der Waals surface area contributed by atoms with Crippen LogP contribution in [0.4, 0.5) is 5.13 Å². The lowest BCUT2D eigenvalue weighted by Gasteiger charge is -2.32. The maximum atomic E-state index is 5.65. The average Bonchev–Trinajstić information content (AvgIpc) is 2.93. The van der Waals surface area contributed by atoms with Crippen molar-refractivity contribution in [3.05, 3.63) is 47.0 Å². The van der Waals surface area contributed by atoms with Gasteiger partial charge in [-0.1, -0.05) is 30.3 Å². The van der Waals surface area contributed by atoms with Gasteiger partial charge in [-0.25, -0.2) is 4.98 Å². The molecule has 120 valence electrons. The molecule has 0 radical (unpaired) electrons. The number of nitrogen functional groups attached to an aromatic ring is 1. The molecule has 3 rings (SSSR count). The number of halogens is 1. The number of thiazole rings is 1. The van der Waals surface area contributed by atoms with Crippen LogP contribution in [0.5, 0.6) is 0 Å². The van der Waals surface area contributed by atoms with Crippen molar-refractivity contribution in [3.8, 4) is 0 Å². The number of hydrogen-bond acceptors (Lipinski definition) is 5. The van der Waals surface area contributed by atoms with E-state index in [1.54, 1.807) is 11.3 Å². The fourth-order valence-corrected chi connectivity index (χ4v) is 3.42. The lowest BCUT2D eigenvalue weighted by atomic mass is 10.0. The van der Waals surface area contributed by atoms with Crippen LogP contribution in [0.2, 0.25) is 0 Å². The third kappa shape index (κ3) is 4.95. The zero-order valence-electron chi connectivity index (χ0n) is 12.6. The maximum absolute atomic E-state index is 5.65. The van der Waals surface area contributed by atoms with Crippen molar-refractivity contribution in [1.29, 1.82) is 0 Å². The van der Waals surface area contributed by atoms with Crippen LogP contribution in [-0.2, 0) is 13.1 Å². The lowest BCUT2D eigenvalue weighted by molar-refractivity contribution is 0.190. The summed E-state index contributed by atoms with van der Waals surface area (Å²) in [6.07, 6.45) is 4.29. The second kappa shape index (κ2) is 8.48. The van der Waals surface area contributed by atoms with Crippen molar-refractivity contribution in [1.82, 2.24) is 15.2 Å². The Morgan fingerprint density at radius 1 is 1.23 bits per heavy atom. The molecule has 1 aliphatic rings. The molecule has 0 amide bonds. The van der Waals surface area contributed by atoms with Gasteiger partial charge in [0.1, 0.15) is 0 Å². The number of benzene rings is 1. The molecule has 0 spiro atoms. The molecular weight excluding hydrogens is 316 g/mol. The van der Waals surface area contributed by atoms with Crippen LogP contribution in [0.1, 0.15) is 23.3 Å². The van der Waals surface area contributed by atoms with E-state index in [4.69, 9.17) is 5.73 Å². The van der Waals surface area contributed by atoms with Crippen LogP contribution in [0, 0.1) is 0 Å². The van der Waals surface area contributed by atoms with E-state index in [-0.39, 0.29) is 12.4 Å². The molecule has 0 unspecified atom stereocenters. The van der Waals surface area contributed by atoms with Gasteiger partial charge >= 0.3 is 0 Å².